The fraction of sp³-hybridized carbons (Fsp3) is 0. The number of rotatable bonds is 5. The zero-order valence-corrected chi connectivity index (χ0v) is 16.2. The molecule has 4 aromatic rings. The third-order valence-corrected chi connectivity index (χ3v) is 4.70. The van der Waals surface area contributed by atoms with Gasteiger partial charge in [-0.15, -0.1) is 0 Å². The molecule has 0 spiro atoms. The molecule has 0 saturated carbocycles. The second kappa shape index (κ2) is 8.11. The number of aromatic amines is 1. The second-order valence-electron chi connectivity index (χ2n) is 6.81. The van der Waals surface area contributed by atoms with Crippen molar-refractivity contribution >= 4 is 23.3 Å². The average molecular weight is 415 g/mol. The lowest BCUT2D eigenvalue weighted by molar-refractivity contribution is 0.0997. The molecule has 154 valence electrons. The maximum absolute atomic E-state index is 13.4. The van der Waals surface area contributed by atoms with E-state index in [1.54, 1.807) is 12.1 Å². The predicted octanol–water partition coefficient (Wildman–Crippen LogP) is 3.82. The van der Waals surface area contributed by atoms with Gasteiger partial charge in [-0.2, -0.15) is 0 Å². The van der Waals surface area contributed by atoms with Gasteiger partial charge in [0.15, 0.2) is 5.69 Å². The smallest absolute Gasteiger partial charge is 0.271 e. The minimum Gasteiger partial charge on any atom is -0.396 e. The summed E-state index contributed by atoms with van der Waals surface area (Å²) >= 11 is 0. The Morgan fingerprint density at radius 2 is 1.55 bits per heavy atom. The van der Waals surface area contributed by atoms with Gasteiger partial charge in [0, 0.05) is 11.1 Å². The van der Waals surface area contributed by atoms with Crippen molar-refractivity contribution in [3.8, 4) is 22.5 Å². The number of benzene rings is 3. The van der Waals surface area contributed by atoms with Crippen molar-refractivity contribution in [3.63, 3.8) is 0 Å². The molecule has 0 aliphatic heterocycles. The van der Waals surface area contributed by atoms with Crippen LogP contribution < -0.4 is 16.8 Å². The minimum atomic E-state index is -0.827. The van der Waals surface area contributed by atoms with E-state index in [-0.39, 0.29) is 23.0 Å². The summed E-state index contributed by atoms with van der Waals surface area (Å²) in [4.78, 5) is 31.5. The Bertz CT molecular complexity index is 1270. The van der Waals surface area contributed by atoms with E-state index < -0.39 is 17.6 Å². The maximum atomic E-state index is 13.4. The van der Waals surface area contributed by atoms with Crippen LogP contribution in [0.4, 0.5) is 15.9 Å². The van der Waals surface area contributed by atoms with Gasteiger partial charge in [0.05, 0.1) is 5.69 Å². The highest BCUT2D eigenvalue weighted by Crippen LogP contribution is 2.25. The number of hydrogen-bond donors (Lipinski definition) is 4. The summed E-state index contributed by atoms with van der Waals surface area (Å²) in [6.45, 7) is 0. The molecule has 0 aliphatic rings. The zero-order valence-electron chi connectivity index (χ0n) is 16.2. The van der Waals surface area contributed by atoms with Crippen molar-refractivity contribution in [2.45, 2.75) is 0 Å². The Kier molecular flexibility index (Phi) is 5.19. The van der Waals surface area contributed by atoms with E-state index in [0.29, 0.717) is 11.1 Å². The molecule has 0 radical (unpaired) electrons. The minimum absolute atomic E-state index is 0.0440. The molecule has 0 saturated heterocycles. The first-order valence-corrected chi connectivity index (χ1v) is 9.34. The quantitative estimate of drug-likeness (QED) is 0.370. The Morgan fingerprint density at radius 3 is 2.19 bits per heavy atom. The Balaban J connectivity index is 1.59. The zero-order chi connectivity index (χ0) is 22.0. The summed E-state index contributed by atoms with van der Waals surface area (Å²) in [6, 6.07) is 20.8. The van der Waals surface area contributed by atoms with Crippen LogP contribution in [-0.4, -0.2) is 21.8 Å². The monoisotopic (exact) mass is 415 g/mol. The average Bonchev–Trinajstić information content (AvgIpc) is 3.20. The van der Waals surface area contributed by atoms with E-state index in [1.165, 1.54) is 18.2 Å². The van der Waals surface area contributed by atoms with E-state index in [0.717, 1.165) is 11.1 Å². The molecule has 0 aliphatic carbocycles. The number of amides is 2. The first kappa shape index (κ1) is 19.8. The predicted molar refractivity (Wildman–Crippen MR) is 117 cm³/mol. The van der Waals surface area contributed by atoms with Crippen molar-refractivity contribution in [1.82, 2.24) is 9.97 Å². The molecule has 0 atom stereocenters. The van der Waals surface area contributed by atoms with Gasteiger partial charge in [-0.25, -0.2) is 9.37 Å². The molecular formula is C23H18FN5O2. The van der Waals surface area contributed by atoms with E-state index in [2.05, 4.69) is 15.3 Å². The summed E-state index contributed by atoms with van der Waals surface area (Å²) in [7, 11) is 0. The molecular weight excluding hydrogens is 397 g/mol. The number of nitrogens with zero attached hydrogens (tertiary/aromatic N) is 1. The summed E-state index contributed by atoms with van der Waals surface area (Å²) in [6.07, 6.45) is 0. The number of halogens is 1. The number of H-pyrrole nitrogens is 1. The van der Waals surface area contributed by atoms with Crippen LogP contribution in [0, 0.1) is 5.82 Å². The molecule has 0 fully saturated rings. The largest absolute Gasteiger partial charge is 0.396 e. The third kappa shape index (κ3) is 4.13. The summed E-state index contributed by atoms with van der Waals surface area (Å²) < 4.78 is 13.4. The number of anilines is 2. The van der Waals surface area contributed by atoms with Crippen LogP contribution in [0.3, 0.4) is 0 Å². The molecule has 2 amide bonds. The first-order chi connectivity index (χ1) is 14.9. The number of carbonyl (C=O) groups is 2. The summed E-state index contributed by atoms with van der Waals surface area (Å²) in [5.41, 5.74) is 13.6. The summed E-state index contributed by atoms with van der Waals surface area (Å²) in [5.74, 6) is -1.58. The molecule has 3 aromatic carbocycles. The van der Waals surface area contributed by atoms with Crippen molar-refractivity contribution in [2.24, 2.45) is 5.73 Å². The van der Waals surface area contributed by atoms with Crippen LogP contribution in [0.1, 0.15) is 20.8 Å². The molecule has 7 nitrogen and oxygen atoms in total. The highest BCUT2D eigenvalue weighted by atomic mass is 19.1. The van der Waals surface area contributed by atoms with E-state index in [4.69, 9.17) is 11.5 Å². The Hall–Kier alpha value is -4.46. The van der Waals surface area contributed by atoms with E-state index in [9.17, 15) is 14.0 Å². The molecule has 0 bridgehead atoms. The molecule has 1 heterocycles. The van der Waals surface area contributed by atoms with Gasteiger partial charge in [0.25, 0.3) is 11.8 Å². The number of nitrogen functional groups attached to an aromatic ring is 1. The fourth-order valence-electron chi connectivity index (χ4n) is 3.10. The number of primary amides is 1. The second-order valence-corrected chi connectivity index (χ2v) is 6.81. The normalized spacial score (nSPS) is 10.6. The molecule has 0 unspecified atom stereocenters. The lowest BCUT2D eigenvalue weighted by Crippen LogP contribution is -2.18. The number of hydrogen-bond acceptors (Lipinski definition) is 4. The van der Waals surface area contributed by atoms with Gasteiger partial charge >= 0.3 is 0 Å². The number of aromatic nitrogens is 2. The van der Waals surface area contributed by atoms with Crippen LogP contribution in [0.15, 0.2) is 72.8 Å². The standard InChI is InChI=1S/C23H18FN5O2/c24-17-11-10-16(12-18(17)25)21-27-19(20(26)30)22(28-21)29-23(31)15-8-6-14(7-9-15)13-4-2-1-3-5-13/h1-12H,25H2,(H2,26,30)(H,27,28)(H,29,31). The van der Waals surface area contributed by atoms with Crippen LogP contribution in [0.5, 0.6) is 0 Å². The van der Waals surface area contributed by atoms with Gasteiger partial charge in [-0.1, -0.05) is 42.5 Å². The molecule has 1 aromatic heterocycles. The van der Waals surface area contributed by atoms with Crippen LogP contribution in [-0.2, 0) is 0 Å². The van der Waals surface area contributed by atoms with Crippen molar-refractivity contribution in [1.29, 1.82) is 0 Å². The first-order valence-electron chi connectivity index (χ1n) is 9.34. The van der Waals surface area contributed by atoms with Gasteiger partial charge < -0.3 is 21.8 Å². The SMILES string of the molecule is NC(=O)c1nc(-c2ccc(F)c(N)c2)[nH]c1NC(=O)c1ccc(-c2ccccc2)cc1. The fourth-order valence-corrected chi connectivity index (χ4v) is 3.10. The van der Waals surface area contributed by atoms with E-state index in [1.807, 2.05) is 42.5 Å². The Morgan fingerprint density at radius 1 is 0.903 bits per heavy atom. The molecule has 31 heavy (non-hydrogen) atoms. The topological polar surface area (TPSA) is 127 Å². The number of carbonyl (C=O) groups excluding carboxylic acids is 2. The number of nitrogens with one attached hydrogen (secondary N) is 2. The molecule has 4 rings (SSSR count). The van der Waals surface area contributed by atoms with E-state index >= 15 is 0 Å². The number of imidazole rings is 1. The lowest BCUT2D eigenvalue weighted by Gasteiger charge is -2.06. The maximum Gasteiger partial charge on any atom is 0.271 e. The highest BCUT2D eigenvalue weighted by molar-refractivity contribution is 6.07. The summed E-state index contributed by atoms with van der Waals surface area (Å²) in [5, 5.41) is 2.62. The van der Waals surface area contributed by atoms with Gasteiger partial charge in [0.2, 0.25) is 0 Å². The third-order valence-electron chi connectivity index (χ3n) is 4.70. The number of nitrogens with two attached hydrogens (primary N) is 2. The van der Waals surface area contributed by atoms with Crippen LogP contribution in [0.2, 0.25) is 0 Å². The Labute approximate surface area is 176 Å². The van der Waals surface area contributed by atoms with Crippen molar-refractivity contribution in [3.05, 3.63) is 89.9 Å². The molecule has 6 N–H and O–H groups in total. The molecule has 8 heteroatoms. The van der Waals surface area contributed by atoms with Gasteiger partial charge in [-0.3, -0.25) is 9.59 Å². The van der Waals surface area contributed by atoms with Gasteiger partial charge in [-0.05, 0) is 41.5 Å². The van der Waals surface area contributed by atoms with Crippen LogP contribution in [0.25, 0.3) is 22.5 Å². The van der Waals surface area contributed by atoms with Crippen LogP contribution >= 0.6 is 0 Å². The van der Waals surface area contributed by atoms with Crippen molar-refractivity contribution in [2.75, 3.05) is 11.1 Å². The lowest BCUT2D eigenvalue weighted by atomic mass is 10.0. The van der Waals surface area contributed by atoms with Crippen molar-refractivity contribution < 1.29 is 14.0 Å². The highest BCUT2D eigenvalue weighted by Gasteiger charge is 2.19. The van der Waals surface area contributed by atoms with Gasteiger partial charge in [0.1, 0.15) is 17.5 Å².